The molecule has 7 nitrogen and oxygen atoms in total. The van der Waals surface area contributed by atoms with Crippen LogP contribution in [0.25, 0.3) is 0 Å². The summed E-state index contributed by atoms with van der Waals surface area (Å²) in [5, 5.41) is 12.9. The predicted octanol–water partition coefficient (Wildman–Crippen LogP) is 1.32. The van der Waals surface area contributed by atoms with Crippen LogP contribution in [0.2, 0.25) is 0 Å². The second-order valence-corrected chi connectivity index (χ2v) is 7.83. The molecule has 0 spiro atoms. The van der Waals surface area contributed by atoms with Crippen molar-refractivity contribution in [2.24, 2.45) is 11.8 Å². The number of carbonyl (C=O) groups excluding carboxylic acids is 3. The highest BCUT2D eigenvalue weighted by Crippen LogP contribution is 2.50. The van der Waals surface area contributed by atoms with Gasteiger partial charge in [0, 0.05) is 12.6 Å². The van der Waals surface area contributed by atoms with Gasteiger partial charge < -0.3 is 9.84 Å². The zero-order valence-corrected chi connectivity index (χ0v) is 16.4. The molecule has 4 unspecified atom stereocenters. The van der Waals surface area contributed by atoms with Crippen LogP contribution in [0, 0.1) is 11.8 Å². The molecule has 0 bridgehead atoms. The van der Waals surface area contributed by atoms with Crippen molar-refractivity contribution in [1.82, 2.24) is 10.2 Å². The Labute approximate surface area is 162 Å². The third-order valence-electron chi connectivity index (χ3n) is 5.56. The van der Waals surface area contributed by atoms with Gasteiger partial charge in [-0.1, -0.05) is 12.1 Å². The second-order valence-electron chi connectivity index (χ2n) is 6.84. The zero-order chi connectivity index (χ0) is 19.8. The number of methoxy groups -OCH3 is 1. The zero-order valence-electron chi connectivity index (χ0n) is 15.6. The number of rotatable bonds is 6. The molecule has 27 heavy (non-hydrogen) atoms. The molecule has 2 aliphatic rings. The summed E-state index contributed by atoms with van der Waals surface area (Å²) in [7, 11) is 1.30. The molecule has 2 fully saturated rings. The van der Waals surface area contributed by atoms with E-state index in [4.69, 9.17) is 4.74 Å². The summed E-state index contributed by atoms with van der Waals surface area (Å²) in [5.41, 5.74) is -0.501. The number of benzene rings is 1. The van der Waals surface area contributed by atoms with E-state index in [9.17, 15) is 19.5 Å². The average Bonchev–Trinajstić information content (AvgIpc) is 3.14. The van der Waals surface area contributed by atoms with Gasteiger partial charge in [0.15, 0.2) is 0 Å². The number of amides is 2. The Balaban J connectivity index is 2.12. The Bertz CT molecular complexity index is 753. The van der Waals surface area contributed by atoms with E-state index < -0.39 is 29.4 Å². The van der Waals surface area contributed by atoms with Crippen LogP contribution >= 0.6 is 11.8 Å². The third-order valence-corrected chi connectivity index (χ3v) is 6.18. The van der Waals surface area contributed by atoms with Gasteiger partial charge in [-0.25, -0.2) is 0 Å². The summed E-state index contributed by atoms with van der Waals surface area (Å²) < 4.78 is 5.07. The first kappa shape index (κ1) is 19.7. The number of fused-ring (bicyclic) bond motifs is 1. The van der Waals surface area contributed by atoms with Crippen molar-refractivity contribution in [2.45, 2.75) is 24.9 Å². The van der Waals surface area contributed by atoms with Gasteiger partial charge in [-0.3, -0.25) is 24.6 Å². The van der Waals surface area contributed by atoms with Gasteiger partial charge in [0.2, 0.25) is 11.8 Å². The SMILES string of the molecule is CCN1C(=O)C2C(c3ccc(O)cc3)NC(CCSC)(C(=O)OC)C2C1=O. The first-order valence-corrected chi connectivity index (χ1v) is 10.3. The van der Waals surface area contributed by atoms with Gasteiger partial charge in [0.05, 0.1) is 18.9 Å². The summed E-state index contributed by atoms with van der Waals surface area (Å²) in [4.78, 5) is 40.2. The highest BCUT2D eigenvalue weighted by molar-refractivity contribution is 7.98. The molecule has 4 atom stereocenters. The van der Waals surface area contributed by atoms with E-state index in [1.807, 2.05) is 6.26 Å². The molecule has 2 heterocycles. The summed E-state index contributed by atoms with van der Waals surface area (Å²) in [6.45, 7) is 2.02. The first-order valence-electron chi connectivity index (χ1n) is 8.90. The predicted molar refractivity (Wildman–Crippen MR) is 101 cm³/mol. The lowest BCUT2D eigenvalue weighted by Gasteiger charge is -2.32. The monoisotopic (exact) mass is 392 g/mol. The minimum atomic E-state index is -1.25. The smallest absolute Gasteiger partial charge is 0.326 e. The van der Waals surface area contributed by atoms with Crippen molar-refractivity contribution >= 4 is 29.5 Å². The molecule has 146 valence electrons. The van der Waals surface area contributed by atoms with Crippen molar-refractivity contribution in [3.05, 3.63) is 29.8 Å². The van der Waals surface area contributed by atoms with Crippen molar-refractivity contribution in [3.63, 3.8) is 0 Å². The van der Waals surface area contributed by atoms with Gasteiger partial charge in [-0.2, -0.15) is 11.8 Å². The van der Waals surface area contributed by atoms with E-state index in [2.05, 4.69) is 5.32 Å². The van der Waals surface area contributed by atoms with E-state index in [0.717, 1.165) is 5.56 Å². The number of carbonyl (C=O) groups is 3. The van der Waals surface area contributed by atoms with Gasteiger partial charge in [-0.15, -0.1) is 0 Å². The molecular formula is C19H24N2O5S. The Morgan fingerprint density at radius 3 is 2.52 bits per heavy atom. The molecule has 2 N–H and O–H groups in total. The Morgan fingerprint density at radius 2 is 1.96 bits per heavy atom. The average molecular weight is 392 g/mol. The molecule has 0 radical (unpaired) electrons. The molecule has 0 aromatic heterocycles. The van der Waals surface area contributed by atoms with Gasteiger partial charge >= 0.3 is 5.97 Å². The summed E-state index contributed by atoms with van der Waals surface area (Å²) in [6.07, 6.45) is 2.31. The molecule has 2 saturated heterocycles. The third kappa shape index (κ3) is 3.00. The largest absolute Gasteiger partial charge is 0.508 e. The highest BCUT2D eigenvalue weighted by Gasteiger charge is 2.68. The minimum Gasteiger partial charge on any atom is -0.508 e. The van der Waals surface area contributed by atoms with Gasteiger partial charge in [-0.05, 0) is 43.0 Å². The lowest BCUT2D eigenvalue weighted by atomic mass is 9.78. The van der Waals surface area contributed by atoms with E-state index in [1.165, 1.54) is 24.1 Å². The fourth-order valence-electron chi connectivity index (χ4n) is 4.31. The molecule has 2 amide bonds. The van der Waals surface area contributed by atoms with Crippen LogP contribution < -0.4 is 5.32 Å². The number of aromatic hydroxyl groups is 1. The van der Waals surface area contributed by atoms with Crippen molar-refractivity contribution < 1.29 is 24.2 Å². The van der Waals surface area contributed by atoms with Crippen LogP contribution in [0.5, 0.6) is 5.75 Å². The Kier molecular flexibility index (Phi) is 5.48. The topological polar surface area (TPSA) is 95.9 Å². The maximum atomic E-state index is 13.1. The van der Waals surface area contributed by atoms with Crippen molar-refractivity contribution in [1.29, 1.82) is 0 Å². The number of imide groups is 1. The van der Waals surface area contributed by atoms with Crippen LogP contribution in [0.4, 0.5) is 0 Å². The molecule has 2 aliphatic heterocycles. The lowest BCUT2D eigenvalue weighted by molar-refractivity contribution is -0.154. The van der Waals surface area contributed by atoms with Crippen LogP contribution in [-0.4, -0.2) is 59.0 Å². The second kappa shape index (κ2) is 7.52. The molecule has 8 heteroatoms. The number of nitrogens with zero attached hydrogens (tertiary/aromatic N) is 1. The fourth-order valence-corrected chi connectivity index (χ4v) is 4.83. The molecule has 0 saturated carbocycles. The molecule has 1 aromatic rings. The maximum absolute atomic E-state index is 13.1. The molecule has 1 aromatic carbocycles. The number of esters is 1. The summed E-state index contributed by atoms with van der Waals surface area (Å²) in [5.74, 6) is -1.85. The van der Waals surface area contributed by atoms with E-state index in [-0.39, 0.29) is 24.1 Å². The quantitative estimate of drug-likeness (QED) is 0.557. The number of phenolic OH excluding ortho intramolecular Hbond substituents is 1. The number of nitrogens with one attached hydrogen (secondary N) is 1. The number of phenols is 1. The van der Waals surface area contributed by atoms with Gasteiger partial charge in [0.1, 0.15) is 11.3 Å². The number of hydrogen-bond donors (Lipinski definition) is 2. The van der Waals surface area contributed by atoms with E-state index in [1.54, 1.807) is 30.8 Å². The maximum Gasteiger partial charge on any atom is 0.326 e. The normalized spacial score (nSPS) is 29.9. The number of thioether (sulfide) groups is 1. The van der Waals surface area contributed by atoms with Crippen molar-refractivity contribution in [3.8, 4) is 5.75 Å². The van der Waals surface area contributed by atoms with Crippen LogP contribution in [0.1, 0.15) is 24.9 Å². The number of ether oxygens (including phenoxy) is 1. The Hall–Kier alpha value is -2.06. The molecular weight excluding hydrogens is 368 g/mol. The van der Waals surface area contributed by atoms with Gasteiger partial charge in [0.25, 0.3) is 0 Å². The standard InChI is InChI=1S/C19H24N2O5S/c1-4-21-16(23)13-14(17(21)24)19(9-10-27-3,18(25)26-2)20-15(13)11-5-7-12(22)8-6-11/h5-8,13-15,20,22H,4,9-10H2,1-3H3. The molecule has 0 aliphatic carbocycles. The Morgan fingerprint density at radius 1 is 1.30 bits per heavy atom. The summed E-state index contributed by atoms with van der Waals surface area (Å²) >= 11 is 1.57. The number of hydrogen-bond acceptors (Lipinski definition) is 7. The van der Waals surface area contributed by atoms with Crippen LogP contribution in [0.15, 0.2) is 24.3 Å². The summed E-state index contributed by atoms with van der Waals surface area (Å²) in [6, 6.07) is 5.97. The highest BCUT2D eigenvalue weighted by atomic mass is 32.2. The molecule has 3 rings (SSSR count). The fraction of sp³-hybridized carbons (Fsp3) is 0.526. The number of likely N-dealkylation sites (tertiary alicyclic amines) is 1. The first-order chi connectivity index (χ1) is 12.9. The van der Waals surface area contributed by atoms with Crippen LogP contribution in [-0.2, 0) is 19.1 Å². The van der Waals surface area contributed by atoms with E-state index in [0.29, 0.717) is 12.2 Å². The minimum absolute atomic E-state index is 0.110. The van der Waals surface area contributed by atoms with Crippen molar-refractivity contribution in [2.75, 3.05) is 25.7 Å². The van der Waals surface area contributed by atoms with Crippen LogP contribution in [0.3, 0.4) is 0 Å². The van der Waals surface area contributed by atoms with E-state index >= 15 is 0 Å². The lowest BCUT2D eigenvalue weighted by Crippen LogP contribution is -2.56.